The van der Waals surface area contributed by atoms with Crippen molar-refractivity contribution in [3.63, 3.8) is 0 Å². The summed E-state index contributed by atoms with van der Waals surface area (Å²) in [6.07, 6.45) is -0.193. The largest absolute Gasteiger partial charge is 0.375 e. The van der Waals surface area contributed by atoms with Crippen LogP contribution in [0.3, 0.4) is 0 Å². The Bertz CT molecular complexity index is 149. The van der Waals surface area contributed by atoms with Gasteiger partial charge in [0.1, 0.15) is 0 Å². The molecule has 0 radical (unpaired) electrons. The Kier molecular flexibility index (Phi) is 2.84. The Morgan fingerprint density at radius 3 is 2.91 bits per heavy atom. The highest BCUT2D eigenvalue weighted by molar-refractivity contribution is 5.73. The molecule has 1 atom stereocenters. The number of carbonyl (C=O) groups excluding carboxylic acids is 1. The number of nitrogens with zero attached hydrogens (tertiary/aromatic N) is 1. The lowest BCUT2D eigenvalue weighted by Gasteiger charge is -2.33. The topological polar surface area (TPSA) is 38.8 Å². The highest BCUT2D eigenvalue weighted by Crippen LogP contribution is 2.06. The number of hydrogen-bond acceptors (Lipinski definition) is 3. The van der Waals surface area contributed by atoms with Crippen LogP contribution in [0.4, 0.5) is 0 Å². The van der Waals surface area contributed by atoms with E-state index in [1.54, 1.807) is 12.0 Å². The molecule has 1 amide bonds. The maximum atomic E-state index is 11.0. The minimum absolute atomic E-state index is 0.0418. The molecule has 0 aromatic heterocycles. The van der Waals surface area contributed by atoms with Crippen molar-refractivity contribution in [3.8, 4) is 0 Å². The fourth-order valence-corrected chi connectivity index (χ4v) is 1.14. The van der Waals surface area contributed by atoms with E-state index in [0.717, 1.165) is 0 Å². The predicted molar refractivity (Wildman–Crippen MR) is 39.0 cm³/mol. The van der Waals surface area contributed by atoms with Crippen molar-refractivity contribution in [2.75, 3.05) is 26.9 Å². The first-order valence-corrected chi connectivity index (χ1v) is 3.63. The summed E-state index contributed by atoms with van der Waals surface area (Å²) in [6, 6.07) is 0. The highest BCUT2D eigenvalue weighted by Gasteiger charge is 2.23. The molecule has 1 fully saturated rings. The van der Waals surface area contributed by atoms with Crippen LogP contribution in [-0.2, 0) is 14.3 Å². The first kappa shape index (κ1) is 8.49. The Hall–Kier alpha value is -0.610. The Balaban J connectivity index is 2.51. The van der Waals surface area contributed by atoms with Crippen LogP contribution in [-0.4, -0.2) is 43.9 Å². The van der Waals surface area contributed by atoms with E-state index < -0.39 is 0 Å². The van der Waals surface area contributed by atoms with E-state index in [9.17, 15) is 4.79 Å². The summed E-state index contributed by atoms with van der Waals surface area (Å²) in [5.74, 6) is 0.0418. The first-order valence-electron chi connectivity index (χ1n) is 3.63. The molecule has 0 aliphatic carbocycles. The number of morpholine rings is 1. The van der Waals surface area contributed by atoms with Crippen molar-refractivity contribution in [2.24, 2.45) is 0 Å². The van der Waals surface area contributed by atoms with E-state index in [1.807, 2.05) is 0 Å². The molecule has 11 heavy (non-hydrogen) atoms. The van der Waals surface area contributed by atoms with Crippen LogP contribution in [0.5, 0.6) is 0 Å². The zero-order valence-corrected chi connectivity index (χ0v) is 6.87. The Morgan fingerprint density at radius 1 is 1.73 bits per heavy atom. The molecule has 4 nitrogen and oxygen atoms in total. The van der Waals surface area contributed by atoms with Gasteiger partial charge >= 0.3 is 0 Å². The molecule has 1 saturated heterocycles. The average molecular weight is 159 g/mol. The zero-order valence-electron chi connectivity index (χ0n) is 6.87. The van der Waals surface area contributed by atoms with Crippen molar-refractivity contribution < 1.29 is 14.3 Å². The second-order valence-electron chi connectivity index (χ2n) is 2.48. The second kappa shape index (κ2) is 3.69. The molecule has 4 heteroatoms. The lowest BCUT2D eigenvalue weighted by atomic mass is 10.4. The maximum absolute atomic E-state index is 11.0. The van der Waals surface area contributed by atoms with Crippen LogP contribution in [0.15, 0.2) is 0 Å². The lowest BCUT2D eigenvalue weighted by molar-refractivity contribution is -0.160. The van der Waals surface area contributed by atoms with Gasteiger partial charge in [0.25, 0.3) is 0 Å². The summed E-state index contributed by atoms with van der Waals surface area (Å²) >= 11 is 0. The third kappa shape index (κ3) is 1.91. The summed E-state index contributed by atoms with van der Waals surface area (Å²) in [7, 11) is 1.58. The zero-order chi connectivity index (χ0) is 8.27. The number of ether oxygens (including phenoxy) is 2. The average Bonchev–Trinajstić information content (AvgIpc) is 2.04. The van der Waals surface area contributed by atoms with E-state index >= 15 is 0 Å². The quantitative estimate of drug-likeness (QED) is 0.533. The first-order chi connectivity index (χ1) is 5.25. The van der Waals surface area contributed by atoms with Crippen LogP contribution in [0.25, 0.3) is 0 Å². The molecule has 0 bridgehead atoms. The van der Waals surface area contributed by atoms with Gasteiger partial charge in [-0.2, -0.15) is 0 Å². The van der Waals surface area contributed by atoms with Gasteiger partial charge < -0.3 is 14.4 Å². The van der Waals surface area contributed by atoms with Gasteiger partial charge in [0.05, 0.1) is 13.2 Å². The molecule has 1 aliphatic rings. The van der Waals surface area contributed by atoms with Crippen molar-refractivity contribution in [2.45, 2.75) is 13.2 Å². The van der Waals surface area contributed by atoms with Gasteiger partial charge in [-0.25, -0.2) is 0 Å². The minimum atomic E-state index is -0.193. The number of carbonyl (C=O) groups is 1. The van der Waals surface area contributed by atoms with Crippen molar-refractivity contribution in [1.82, 2.24) is 4.90 Å². The SMILES string of the molecule is CO[C@H]1COCCN1C(C)=O. The minimum Gasteiger partial charge on any atom is -0.375 e. The van der Waals surface area contributed by atoms with Gasteiger partial charge in [0.2, 0.25) is 5.91 Å². The smallest absolute Gasteiger partial charge is 0.221 e. The third-order valence-electron chi connectivity index (χ3n) is 1.76. The maximum Gasteiger partial charge on any atom is 0.221 e. The predicted octanol–water partition coefficient (Wildman–Crippen LogP) is -0.162. The van der Waals surface area contributed by atoms with Crippen LogP contribution in [0.1, 0.15) is 6.92 Å². The summed E-state index contributed by atoms with van der Waals surface area (Å²) in [4.78, 5) is 12.6. The number of rotatable bonds is 1. The standard InChI is InChI=1S/C7H13NO3/c1-6(9)8-3-4-11-5-7(8)10-2/h7H,3-5H2,1-2H3/t7-/m0/s1. The van der Waals surface area contributed by atoms with Gasteiger partial charge in [-0.15, -0.1) is 0 Å². The van der Waals surface area contributed by atoms with Gasteiger partial charge in [0, 0.05) is 20.6 Å². The van der Waals surface area contributed by atoms with Crippen LogP contribution in [0.2, 0.25) is 0 Å². The molecule has 0 unspecified atom stereocenters. The molecule has 0 saturated carbocycles. The molecule has 0 aromatic carbocycles. The molecular weight excluding hydrogens is 146 g/mol. The van der Waals surface area contributed by atoms with Gasteiger partial charge in [-0.05, 0) is 0 Å². The number of methoxy groups -OCH3 is 1. The van der Waals surface area contributed by atoms with E-state index in [0.29, 0.717) is 19.8 Å². The van der Waals surface area contributed by atoms with Crippen LogP contribution in [0, 0.1) is 0 Å². The van der Waals surface area contributed by atoms with Crippen molar-refractivity contribution >= 4 is 5.91 Å². The van der Waals surface area contributed by atoms with E-state index in [2.05, 4.69) is 0 Å². The fourth-order valence-electron chi connectivity index (χ4n) is 1.14. The summed E-state index contributed by atoms with van der Waals surface area (Å²) in [6.45, 7) is 3.26. The van der Waals surface area contributed by atoms with Gasteiger partial charge in [0.15, 0.2) is 6.23 Å². The van der Waals surface area contributed by atoms with Crippen molar-refractivity contribution in [3.05, 3.63) is 0 Å². The number of amides is 1. The van der Waals surface area contributed by atoms with Gasteiger partial charge in [-0.1, -0.05) is 0 Å². The van der Waals surface area contributed by atoms with E-state index in [4.69, 9.17) is 9.47 Å². The van der Waals surface area contributed by atoms with Crippen LogP contribution >= 0.6 is 0 Å². The molecule has 0 N–H and O–H groups in total. The van der Waals surface area contributed by atoms with Crippen molar-refractivity contribution in [1.29, 1.82) is 0 Å². The Labute approximate surface area is 66.1 Å². The monoisotopic (exact) mass is 159 g/mol. The van der Waals surface area contributed by atoms with Gasteiger partial charge in [-0.3, -0.25) is 4.79 Å². The number of hydrogen-bond donors (Lipinski definition) is 0. The third-order valence-corrected chi connectivity index (χ3v) is 1.76. The summed E-state index contributed by atoms with van der Waals surface area (Å²) in [5, 5.41) is 0. The molecular formula is C7H13NO3. The fraction of sp³-hybridized carbons (Fsp3) is 0.857. The lowest BCUT2D eigenvalue weighted by Crippen LogP contribution is -2.48. The second-order valence-corrected chi connectivity index (χ2v) is 2.48. The van der Waals surface area contributed by atoms with Crippen LogP contribution < -0.4 is 0 Å². The Morgan fingerprint density at radius 2 is 2.45 bits per heavy atom. The van der Waals surface area contributed by atoms with E-state index in [1.165, 1.54) is 6.92 Å². The highest BCUT2D eigenvalue weighted by atomic mass is 16.5. The molecule has 0 spiro atoms. The summed E-state index contributed by atoms with van der Waals surface area (Å²) in [5.41, 5.74) is 0. The normalized spacial score (nSPS) is 25.3. The molecule has 1 heterocycles. The van der Waals surface area contributed by atoms with E-state index in [-0.39, 0.29) is 12.1 Å². The molecule has 0 aromatic rings. The molecule has 1 rings (SSSR count). The summed E-state index contributed by atoms with van der Waals surface area (Å²) < 4.78 is 10.2. The molecule has 1 aliphatic heterocycles. The molecule has 64 valence electrons.